The van der Waals surface area contributed by atoms with Crippen LogP contribution in [-0.2, 0) is 11.3 Å². The van der Waals surface area contributed by atoms with Crippen molar-refractivity contribution in [1.29, 1.82) is 0 Å². The van der Waals surface area contributed by atoms with E-state index in [4.69, 9.17) is 0 Å². The number of anilines is 1. The molecule has 0 atom stereocenters. The van der Waals surface area contributed by atoms with Crippen LogP contribution in [0.3, 0.4) is 0 Å². The molecule has 1 aromatic carbocycles. The van der Waals surface area contributed by atoms with Gasteiger partial charge in [-0.3, -0.25) is 10.1 Å². The third-order valence-electron chi connectivity index (χ3n) is 4.26. The van der Waals surface area contributed by atoms with Crippen molar-refractivity contribution >= 4 is 34.1 Å². The smallest absolute Gasteiger partial charge is 0.236 e. The van der Waals surface area contributed by atoms with Crippen molar-refractivity contribution in [2.75, 3.05) is 11.1 Å². The van der Waals surface area contributed by atoms with E-state index in [9.17, 15) is 4.79 Å². The molecule has 1 saturated carbocycles. The Labute approximate surface area is 165 Å². The summed E-state index contributed by atoms with van der Waals surface area (Å²) in [6.07, 6.45) is 2.35. The van der Waals surface area contributed by atoms with Gasteiger partial charge in [-0.1, -0.05) is 46.9 Å². The van der Waals surface area contributed by atoms with Crippen LogP contribution in [0.5, 0.6) is 0 Å². The Kier molecular flexibility index (Phi) is 5.22. The van der Waals surface area contributed by atoms with Crippen LogP contribution in [0, 0.1) is 6.92 Å². The number of carbonyl (C=O) groups excluding carboxylic acids is 1. The van der Waals surface area contributed by atoms with Gasteiger partial charge in [0.1, 0.15) is 5.01 Å². The number of benzene rings is 1. The zero-order chi connectivity index (χ0) is 18.8. The standard InChI is InChI=1S/C18H20N6OS2/c1-3-24-15(13-6-4-5-11(2)9-13)20-23-18(24)26-10-14(25)19-17-22-21-16(27-17)12-7-8-12/h4-6,9,12H,3,7-8,10H2,1-2H3,(H,19,22,25). The largest absolute Gasteiger partial charge is 0.302 e. The van der Waals surface area contributed by atoms with E-state index in [1.54, 1.807) is 0 Å². The molecule has 0 bridgehead atoms. The highest BCUT2D eigenvalue weighted by Crippen LogP contribution is 2.42. The number of rotatable bonds is 7. The molecule has 0 unspecified atom stereocenters. The van der Waals surface area contributed by atoms with E-state index >= 15 is 0 Å². The fraction of sp³-hybridized carbons (Fsp3) is 0.389. The number of nitrogens with one attached hydrogen (secondary N) is 1. The highest BCUT2D eigenvalue weighted by molar-refractivity contribution is 7.99. The van der Waals surface area contributed by atoms with Crippen LogP contribution in [0.25, 0.3) is 11.4 Å². The zero-order valence-corrected chi connectivity index (χ0v) is 16.8. The highest BCUT2D eigenvalue weighted by Gasteiger charge is 2.27. The molecule has 9 heteroatoms. The van der Waals surface area contributed by atoms with E-state index in [0.29, 0.717) is 11.0 Å². The summed E-state index contributed by atoms with van der Waals surface area (Å²) >= 11 is 2.85. The fourth-order valence-electron chi connectivity index (χ4n) is 2.74. The highest BCUT2D eigenvalue weighted by atomic mass is 32.2. The first kappa shape index (κ1) is 18.1. The van der Waals surface area contributed by atoms with Crippen LogP contribution in [0.2, 0.25) is 0 Å². The van der Waals surface area contributed by atoms with E-state index in [0.717, 1.165) is 28.1 Å². The second-order valence-corrected chi connectivity index (χ2v) is 8.43. The second-order valence-electron chi connectivity index (χ2n) is 6.48. The molecular weight excluding hydrogens is 380 g/mol. The lowest BCUT2D eigenvalue weighted by molar-refractivity contribution is -0.113. The molecule has 1 aliphatic carbocycles. The number of aryl methyl sites for hydroxylation is 1. The van der Waals surface area contributed by atoms with Gasteiger partial charge in [0.15, 0.2) is 11.0 Å². The minimum absolute atomic E-state index is 0.110. The summed E-state index contributed by atoms with van der Waals surface area (Å²) in [5.74, 6) is 1.51. The number of carbonyl (C=O) groups is 1. The lowest BCUT2D eigenvalue weighted by atomic mass is 10.1. The van der Waals surface area contributed by atoms with Crippen molar-refractivity contribution in [3.8, 4) is 11.4 Å². The molecule has 2 aromatic heterocycles. The maximum absolute atomic E-state index is 12.3. The lowest BCUT2D eigenvalue weighted by Gasteiger charge is -2.07. The molecule has 0 aliphatic heterocycles. The average Bonchev–Trinajstić information content (AvgIpc) is 3.26. The van der Waals surface area contributed by atoms with E-state index in [-0.39, 0.29) is 11.7 Å². The summed E-state index contributed by atoms with van der Waals surface area (Å²) in [6, 6.07) is 8.18. The lowest BCUT2D eigenvalue weighted by Crippen LogP contribution is -2.14. The minimum atomic E-state index is -0.110. The monoisotopic (exact) mass is 400 g/mol. The number of aromatic nitrogens is 5. The topological polar surface area (TPSA) is 85.6 Å². The Morgan fingerprint density at radius 2 is 2.15 bits per heavy atom. The number of hydrogen-bond donors (Lipinski definition) is 1. The summed E-state index contributed by atoms with van der Waals surface area (Å²) in [6.45, 7) is 4.84. The molecule has 1 amide bonds. The Morgan fingerprint density at radius 3 is 2.89 bits per heavy atom. The Morgan fingerprint density at radius 1 is 1.30 bits per heavy atom. The molecule has 4 rings (SSSR count). The van der Waals surface area contributed by atoms with Crippen LogP contribution in [0.1, 0.15) is 36.3 Å². The second kappa shape index (κ2) is 7.77. The van der Waals surface area contributed by atoms with Gasteiger partial charge in [0.05, 0.1) is 5.75 Å². The van der Waals surface area contributed by atoms with E-state index in [1.165, 1.54) is 41.5 Å². The summed E-state index contributed by atoms with van der Waals surface area (Å²) in [5.41, 5.74) is 2.21. The van der Waals surface area contributed by atoms with Crippen LogP contribution >= 0.6 is 23.1 Å². The molecule has 7 nitrogen and oxygen atoms in total. The first-order chi connectivity index (χ1) is 13.1. The number of amides is 1. The van der Waals surface area contributed by atoms with Crippen molar-refractivity contribution < 1.29 is 4.79 Å². The number of thioether (sulfide) groups is 1. The maximum Gasteiger partial charge on any atom is 0.236 e. The van der Waals surface area contributed by atoms with Crippen molar-refractivity contribution in [1.82, 2.24) is 25.0 Å². The van der Waals surface area contributed by atoms with Gasteiger partial charge < -0.3 is 4.57 Å². The number of nitrogens with zero attached hydrogens (tertiary/aromatic N) is 5. The first-order valence-electron chi connectivity index (χ1n) is 8.90. The molecule has 0 saturated heterocycles. The van der Waals surface area contributed by atoms with Crippen molar-refractivity contribution in [3.63, 3.8) is 0 Å². The zero-order valence-electron chi connectivity index (χ0n) is 15.2. The molecule has 1 aliphatic rings. The minimum Gasteiger partial charge on any atom is -0.302 e. The molecule has 27 heavy (non-hydrogen) atoms. The molecule has 0 radical (unpaired) electrons. The first-order valence-corrected chi connectivity index (χ1v) is 10.7. The van der Waals surface area contributed by atoms with Crippen LogP contribution in [-0.4, -0.2) is 36.6 Å². The summed E-state index contributed by atoms with van der Waals surface area (Å²) < 4.78 is 2.03. The van der Waals surface area contributed by atoms with Crippen molar-refractivity contribution in [2.45, 2.75) is 44.3 Å². The summed E-state index contributed by atoms with van der Waals surface area (Å²) in [5, 5.41) is 22.0. The Hall–Kier alpha value is -2.26. The van der Waals surface area contributed by atoms with E-state index in [2.05, 4.69) is 44.8 Å². The van der Waals surface area contributed by atoms with Gasteiger partial charge in [0, 0.05) is 18.0 Å². The SMILES string of the molecule is CCn1c(SCC(=O)Nc2nnc(C3CC3)s2)nnc1-c1cccc(C)c1. The van der Waals surface area contributed by atoms with Gasteiger partial charge in [-0.15, -0.1) is 20.4 Å². The Balaban J connectivity index is 1.40. The van der Waals surface area contributed by atoms with Gasteiger partial charge in [-0.25, -0.2) is 0 Å². The van der Waals surface area contributed by atoms with Gasteiger partial charge in [0.2, 0.25) is 11.0 Å². The quantitative estimate of drug-likeness (QED) is 0.608. The average molecular weight is 401 g/mol. The summed E-state index contributed by atoms with van der Waals surface area (Å²) in [7, 11) is 0. The normalized spacial score (nSPS) is 13.7. The summed E-state index contributed by atoms with van der Waals surface area (Å²) in [4.78, 5) is 12.3. The van der Waals surface area contributed by atoms with Gasteiger partial charge in [-0.2, -0.15) is 0 Å². The molecular formula is C18H20N6OS2. The molecule has 0 spiro atoms. The van der Waals surface area contributed by atoms with Gasteiger partial charge in [-0.05, 0) is 32.8 Å². The third-order valence-corrected chi connectivity index (χ3v) is 6.22. The number of hydrogen-bond acceptors (Lipinski definition) is 7. The van der Waals surface area contributed by atoms with Crippen LogP contribution in [0.15, 0.2) is 29.4 Å². The fourth-order valence-corrected chi connectivity index (χ4v) is 4.47. The predicted molar refractivity (Wildman–Crippen MR) is 107 cm³/mol. The van der Waals surface area contributed by atoms with E-state index < -0.39 is 0 Å². The van der Waals surface area contributed by atoms with Gasteiger partial charge >= 0.3 is 0 Å². The third kappa shape index (κ3) is 4.19. The maximum atomic E-state index is 12.3. The van der Waals surface area contributed by atoms with Gasteiger partial charge in [0.25, 0.3) is 0 Å². The molecule has 2 heterocycles. The van der Waals surface area contributed by atoms with Crippen LogP contribution in [0.4, 0.5) is 5.13 Å². The van der Waals surface area contributed by atoms with Crippen molar-refractivity contribution in [3.05, 3.63) is 34.8 Å². The molecule has 1 fully saturated rings. The molecule has 140 valence electrons. The Bertz CT molecular complexity index is 962. The molecule has 1 N–H and O–H groups in total. The van der Waals surface area contributed by atoms with Crippen molar-refractivity contribution in [2.24, 2.45) is 0 Å². The molecule has 3 aromatic rings. The predicted octanol–water partition coefficient (Wildman–Crippen LogP) is 3.73. The van der Waals surface area contributed by atoms with E-state index in [1.807, 2.05) is 23.6 Å². The van der Waals surface area contributed by atoms with Crippen LogP contribution < -0.4 is 5.32 Å².